The van der Waals surface area contributed by atoms with E-state index in [2.05, 4.69) is 4.72 Å². The van der Waals surface area contributed by atoms with Gasteiger partial charge in [-0.25, -0.2) is 13.1 Å². The van der Waals surface area contributed by atoms with E-state index in [0.29, 0.717) is 5.75 Å². The summed E-state index contributed by atoms with van der Waals surface area (Å²) in [6, 6.07) is 2.88. The fourth-order valence-electron chi connectivity index (χ4n) is 1.45. The maximum atomic E-state index is 12.2. The third kappa shape index (κ3) is 4.53. The monoisotopic (exact) mass is 356 g/mol. The van der Waals surface area contributed by atoms with Crippen LogP contribution in [0.1, 0.15) is 6.42 Å². The van der Waals surface area contributed by atoms with Crippen LogP contribution in [0.3, 0.4) is 0 Å². The number of halogens is 2. The van der Waals surface area contributed by atoms with Crippen LogP contribution < -0.4 is 9.83 Å². The molecule has 0 heterocycles. The zero-order valence-electron chi connectivity index (χ0n) is 10.4. The van der Waals surface area contributed by atoms with Gasteiger partial charge in [0.1, 0.15) is 4.90 Å². The molecule has 0 aromatic heterocycles. The molecule has 0 radical (unpaired) electrons. The number of hydrogen-bond donors (Lipinski definition) is 1. The van der Waals surface area contributed by atoms with E-state index in [1.54, 1.807) is 6.26 Å². The third-order valence-corrected chi connectivity index (χ3v) is 5.45. The van der Waals surface area contributed by atoms with Crippen molar-refractivity contribution in [2.75, 3.05) is 12.0 Å². The lowest BCUT2D eigenvalue weighted by Gasteiger charge is -2.20. The van der Waals surface area contributed by atoms with Crippen molar-refractivity contribution < 1.29 is 18.3 Å². The highest BCUT2D eigenvalue weighted by molar-refractivity contribution is 7.98. The van der Waals surface area contributed by atoms with Crippen LogP contribution in [0.5, 0.6) is 0 Å². The molecule has 20 heavy (non-hydrogen) atoms. The number of carboxylic acids is 1. The Balaban J connectivity index is 3.07. The fraction of sp³-hybridized carbons (Fsp3) is 0.364. The van der Waals surface area contributed by atoms with Gasteiger partial charge in [0, 0.05) is 0 Å². The highest BCUT2D eigenvalue weighted by Crippen LogP contribution is 2.29. The summed E-state index contributed by atoms with van der Waals surface area (Å²) in [6.45, 7) is 0. The number of sulfonamides is 1. The molecule has 112 valence electrons. The summed E-state index contributed by atoms with van der Waals surface area (Å²) in [5, 5.41) is 10.8. The summed E-state index contributed by atoms with van der Waals surface area (Å²) in [5.41, 5.74) is 0. The SMILES string of the molecule is CSCC[C@@H](NS(=O)(=O)c1c(Cl)cccc1Cl)C(=O)[O-]. The molecule has 0 unspecified atom stereocenters. The molecule has 1 aromatic rings. The van der Waals surface area contributed by atoms with Gasteiger partial charge in [-0.1, -0.05) is 29.3 Å². The van der Waals surface area contributed by atoms with E-state index in [-0.39, 0.29) is 21.4 Å². The standard InChI is InChI=1S/C11H13Cl2NO4S2/c1-19-6-5-9(11(15)16)14-20(17,18)10-7(12)3-2-4-8(10)13/h2-4,9,14H,5-6H2,1H3,(H,15,16)/p-1/t9-/m1/s1. The molecule has 1 rings (SSSR count). The highest BCUT2D eigenvalue weighted by atomic mass is 35.5. The molecular formula is C11H12Cl2NO4S2-. The van der Waals surface area contributed by atoms with Crippen LogP contribution in [-0.2, 0) is 14.8 Å². The molecule has 0 saturated carbocycles. The van der Waals surface area contributed by atoms with E-state index in [1.165, 1.54) is 30.0 Å². The fourth-order valence-corrected chi connectivity index (χ4v) is 4.28. The van der Waals surface area contributed by atoms with E-state index in [0.717, 1.165) is 0 Å². The maximum absolute atomic E-state index is 12.2. The first-order valence-corrected chi connectivity index (χ1v) is 9.09. The second-order valence-corrected chi connectivity index (χ2v) is 7.28. The molecule has 1 atom stereocenters. The summed E-state index contributed by atoms with van der Waals surface area (Å²) in [5.74, 6) is -1.02. The van der Waals surface area contributed by atoms with Crippen molar-refractivity contribution in [3.8, 4) is 0 Å². The smallest absolute Gasteiger partial charge is 0.244 e. The van der Waals surface area contributed by atoms with Gasteiger partial charge in [-0.2, -0.15) is 11.8 Å². The van der Waals surface area contributed by atoms with E-state index in [1.807, 2.05) is 0 Å². The molecule has 0 aliphatic rings. The topological polar surface area (TPSA) is 86.3 Å². The van der Waals surface area contributed by atoms with Gasteiger partial charge in [-0.15, -0.1) is 0 Å². The molecule has 0 bridgehead atoms. The zero-order valence-corrected chi connectivity index (χ0v) is 13.6. The summed E-state index contributed by atoms with van der Waals surface area (Å²) < 4.78 is 26.4. The molecule has 0 fully saturated rings. The summed E-state index contributed by atoms with van der Waals surface area (Å²) in [4.78, 5) is 10.6. The number of rotatable bonds is 7. The van der Waals surface area contributed by atoms with Crippen LogP contribution >= 0.6 is 35.0 Å². The van der Waals surface area contributed by atoms with Crippen LogP contribution in [-0.4, -0.2) is 32.4 Å². The third-order valence-electron chi connectivity index (χ3n) is 2.38. The van der Waals surface area contributed by atoms with Crippen molar-refractivity contribution in [1.82, 2.24) is 4.72 Å². The Morgan fingerprint density at radius 2 is 1.95 bits per heavy atom. The van der Waals surface area contributed by atoms with Crippen LogP contribution in [0.15, 0.2) is 23.1 Å². The number of aliphatic carboxylic acids is 1. The number of carbonyl (C=O) groups is 1. The Kier molecular flexibility index (Phi) is 6.60. The Labute approximate surface area is 131 Å². The number of carboxylic acid groups (broad SMARTS) is 1. The minimum absolute atomic E-state index is 0.0769. The Morgan fingerprint density at radius 3 is 2.40 bits per heavy atom. The van der Waals surface area contributed by atoms with Crippen LogP contribution in [0, 0.1) is 0 Å². The molecule has 0 saturated heterocycles. The molecule has 0 amide bonds. The number of thioether (sulfide) groups is 1. The van der Waals surface area contributed by atoms with Crippen molar-refractivity contribution >= 4 is 51.0 Å². The zero-order chi connectivity index (χ0) is 15.3. The molecule has 9 heteroatoms. The first-order valence-electron chi connectivity index (χ1n) is 5.45. The normalized spacial score (nSPS) is 13.2. The predicted molar refractivity (Wildman–Crippen MR) is 78.6 cm³/mol. The summed E-state index contributed by atoms with van der Waals surface area (Å²) in [6.07, 6.45) is 1.89. The van der Waals surface area contributed by atoms with Gasteiger partial charge in [-0.3, -0.25) is 0 Å². The van der Waals surface area contributed by atoms with Crippen LogP contribution in [0.25, 0.3) is 0 Å². The molecule has 0 aliphatic heterocycles. The second kappa shape index (κ2) is 7.51. The highest BCUT2D eigenvalue weighted by Gasteiger charge is 2.25. The molecule has 0 spiro atoms. The van der Waals surface area contributed by atoms with Gasteiger partial charge in [0.05, 0.1) is 22.1 Å². The van der Waals surface area contributed by atoms with E-state index in [9.17, 15) is 18.3 Å². The molecule has 5 nitrogen and oxygen atoms in total. The minimum Gasteiger partial charge on any atom is -0.548 e. The minimum atomic E-state index is -4.14. The van der Waals surface area contributed by atoms with Crippen molar-refractivity contribution in [2.45, 2.75) is 17.4 Å². The average molecular weight is 357 g/mol. The largest absolute Gasteiger partial charge is 0.548 e. The average Bonchev–Trinajstić information content (AvgIpc) is 2.33. The summed E-state index contributed by atoms with van der Waals surface area (Å²) in [7, 11) is -4.14. The summed E-state index contributed by atoms with van der Waals surface area (Å²) >= 11 is 13.0. The van der Waals surface area contributed by atoms with E-state index in [4.69, 9.17) is 23.2 Å². The predicted octanol–water partition coefficient (Wildman–Crippen LogP) is 1.14. The van der Waals surface area contributed by atoms with Crippen LogP contribution in [0.4, 0.5) is 0 Å². The second-order valence-electron chi connectivity index (χ2n) is 3.83. The molecular weight excluding hydrogens is 345 g/mol. The van der Waals surface area contributed by atoms with Crippen molar-refractivity contribution in [1.29, 1.82) is 0 Å². The van der Waals surface area contributed by atoms with E-state index < -0.39 is 22.0 Å². The lowest BCUT2D eigenvalue weighted by atomic mass is 10.2. The first-order chi connectivity index (χ1) is 9.29. The van der Waals surface area contributed by atoms with Crippen LogP contribution in [0.2, 0.25) is 10.0 Å². The van der Waals surface area contributed by atoms with E-state index >= 15 is 0 Å². The van der Waals surface area contributed by atoms with Gasteiger partial charge in [-0.05, 0) is 30.6 Å². The van der Waals surface area contributed by atoms with Gasteiger partial charge in [0.25, 0.3) is 0 Å². The van der Waals surface area contributed by atoms with Crippen molar-refractivity contribution in [3.63, 3.8) is 0 Å². The Morgan fingerprint density at radius 1 is 1.40 bits per heavy atom. The van der Waals surface area contributed by atoms with Crippen molar-refractivity contribution in [3.05, 3.63) is 28.2 Å². The number of hydrogen-bond acceptors (Lipinski definition) is 5. The molecule has 1 N–H and O–H groups in total. The molecule has 1 aromatic carbocycles. The Bertz CT molecular complexity index is 572. The lowest BCUT2D eigenvalue weighted by molar-refractivity contribution is -0.308. The first kappa shape index (κ1) is 17.6. The number of benzene rings is 1. The lowest BCUT2D eigenvalue weighted by Crippen LogP contribution is -2.48. The quantitative estimate of drug-likeness (QED) is 0.791. The number of carbonyl (C=O) groups excluding carboxylic acids is 1. The van der Waals surface area contributed by atoms with Gasteiger partial charge < -0.3 is 9.90 Å². The Hall–Kier alpha value is -0.470. The van der Waals surface area contributed by atoms with Gasteiger partial charge >= 0.3 is 0 Å². The van der Waals surface area contributed by atoms with Gasteiger partial charge in [0.15, 0.2) is 0 Å². The van der Waals surface area contributed by atoms with Gasteiger partial charge in [0.2, 0.25) is 10.0 Å². The maximum Gasteiger partial charge on any atom is 0.244 e. The van der Waals surface area contributed by atoms with Crippen molar-refractivity contribution in [2.24, 2.45) is 0 Å². The number of nitrogens with one attached hydrogen (secondary N) is 1. The molecule has 0 aliphatic carbocycles.